The molecule has 0 bridgehead atoms. The van der Waals surface area contributed by atoms with Crippen LogP contribution in [0.5, 0.6) is 0 Å². The lowest BCUT2D eigenvalue weighted by Crippen LogP contribution is -2.06. The van der Waals surface area contributed by atoms with Gasteiger partial charge in [0.1, 0.15) is 0 Å². The first-order valence-electron chi connectivity index (χ1n) is 17.6. The molecule has 0 aliphatic rings. The van der Waals surface area contributed by atoms with Crippen LogP contribution in [-0.4, -0.2) is 26.2 Å². The van der Waals surface area contributed by atoms with E-state index in [-0.39, 0.29) is 11.9 Å². The minimum absolute atomic E-state index is 0.180. The van der Waals surface area contributed by atoms with Gasteiger partial charge in [-0.3, -0.25) is 9.59 Å². The molecule has 4 nitrogen and oxygen atoms in total. The Balaban J connectivity index is 1.62. The number of carbonyl (C=O) groups is 2. The summed E-state index contributed by atoms with van der Waals surface area (Å²) in [5.41, 5.74) is 12.4. The highest BCUT2D eigenvalue weighted by Crippen LogP contribution is 2.36. The number of rotatable bonds is 14. The maximum atomic E-state index is 12.0. The standard InChI is InChI=1S/C45H50O4/c1-30(2)24-38-27-36(17-16-33(38)19-23-45(47)49-6)43-21-18-37(29-40(43)28-35-12-9-11-34-10-7-8-13-41(34)35)42-20-14-32(15-22-44(46)48-5)26-39(42)25-31(3)4/h7-14,16-18,20-21,26-27,29-31H,15,19,22-25,28H2,1-6H3. The number of esters is 2. The fourth-order valence-corrected chi connectivity index (χ4v) is 6.89. The zero-order chi connectivity index (χ0) is 34.9. The smallest absolute Gasteiger partial charge is 0.305 e. The molecule has 0 fully saturated rings. The summed E-state index contributed by atoms with van der Waals surface area (Å²) >= 11 is 0. The molecule has 5 aromatic rings. The Kier molecular flexibility index (Phi) is 12.1. The van der Waals surface area contributed by atoms with E-state index in [0.717, 1.165) is 24.8 Å². The van der Waals surface area contributed by atoms with Crippen LogP contribution in [0.15, 0.2) is 97.1 Å². The molecule has 0 atom stereocenters. The second kappa shape index (κ2) is 16.6. The number of fused-ring (bicyclic) bond motifs is 1. The van der Waals surface area contributed by atoms with Crippen molar-refractivity contribution in [2.75, 3.05) is 14.2 Å². The van der Waals surface area contributed by atoms with Gasteiger partial charge >= 0.3 is 11.9 Å². The molecule has 5 rings (SSSR count). The van der Waals surface area contributed by atoms with Gasteiger partial charge < -0.3 is 9.47 Å². The van der Waals surface area contributed by atoms with Gasteiger partial charge in [-0.25, -0.2) is 0 Å². The van der Waals surface area contributed by atoms with E-state index in [4.69, 9.17) is 9.47 Å². The van der Waals surface area contributed by atoms with Gasteiger partial charge in [0.05, 0.1) is 14.2 Å². The molecular formula is C45H50O4. The molecule has 0 saturated carbocycles. The molecule has 0 saturated heterocycles. The average Bonchev–Trinajstić information content (AvgIpc) is 3.09. The van der Waals surface area contributed by atoms with Gasteiger partial charge in [-0.2, -0.15) is 0 Å². The summed E-state index contributed by atoms with van der Waals surface area (Å²) in [6.45, 7) is 8.99. The highest BCUT2D eigenvalue weighted by Gasteiger charge is 2.16. The Hall–Kier alpha value is -4.70. The average molecular weight is 655 g/mol. The van der Waals surface area contributed by atoms with Crippen LogP contribution in [0.3, 0.4) is 0 Å². The van der Waals surface area contributed by atoms with E-state index in [0.29, 0.717) is 37.5 Å². The van der Waals surface area contributed by atoms with Gasteiger partial charge in [0.25, 0.3) is 0 Å². The summed E-state index contributed by atoms with van der Waals surface area (Å²) in [5, 5.41) is 2.52. The molecule has 0 aromatic heterocycles. The van der Waals surface area contributed by atoms with Crippen LogP contribution in [0.25, 0.3) is 33.0 Å². The molecular weight excluding hydrogens is 604 g/mol. The van der Waals surface area contributed by atoms with Gasteiger partial charge in [0.15, 0.2) is 0 Å². The third-order valence-corrected chi connectivity index (χ3v) is 9.29. The Morgan fingerprint density at radius 2 is 1.14 bits per heavy atom. The number of methoxy groups -OCH3 is 2. The van der Waals surface area contributed by atoms with Crippen molar-refractivity contribution in [3.05, 3.63) is 130 Å². The Morgan fingerprint density at radius 1 is 0.551 bits per heavy atom. The molecule has 0 aliphatic heterocycles. The van der Waals surface area contributed by atoms with Gasteiger partial charge in [-0.1, -0.05) is 125 Å². The van der Waals surface area contributed by atoms with Crippen LogP contribution >= 0.6 is 0 Å². The highest BCUT2D eigenvalue weighted by molar-refractivity contribution is 5.86. The number of hydrogen-bond acceptors (Lipinski definition) is 4. The van der Waals surface area contributed by atoms with Crippen LogP contribution in [0.2, 0.25) is 0 Å². The summed E-state index contributed by atoms with van der Waals surface area (Å²) in [4.78, 5) is 23.9. The maximum absolute atomic E-state index is 12.0. The van der Waals surface area contributed by atoms with E-state index in [1.165, 1.54) is 75.1 Å². The summed E-state index contributed by atoms with van der Waals surface area (Å²) in [5.74, 6) is 0.609. The molecule has 0 radical (unpaired) electrons. The Bertz CT molecular complexity index is 1910. The quantitative estimate of drug-likeness (QED) is 0.112. The minimum Gasteiger partial charge on any atom is -0.469 e. The highest BCUT2D eigenvalue weighted by atomic mass is 16.5. The van der Waals surface area contributed by atoms with Gasteiger partial charge in [-0.05, 0) is 110 Å². The van der Waals surface area contributed by atoms with Crippen LogP contribution in [0.1, 0.15) is 73.9 Å². The van der Waals surface area contributed by atoms with Crippen LogP contribution in [-0.2, 0) is 51.2 Å². The van der Waals surface area contributed by atoms with Gasteiger partial charge in [-0.15, -0.1) is 0 Å². The predicted molar refractivity (Wildman–Crippen MR) is 202 cm³/mol. The molecule has 49 heavy (non-hydrogen) atoms. The number of hydrogen-bond donors (Lipinski definition) is 0. The Labute approximate surface area is 292 Å². The van der Waals surface area contributed by atoms with Crippen molar-refractivity contribution in [1.29, 1.82) is 0 Å². The molecule has 0 amide bonds. The lowest BCUT2D eigenvalue weighted by Gasteiger charge is -2.19. The van der Waals surface area contributed by atoms with E-state index >= 15 is 0 Å². The fourth-order valence-electron chi connectivity index (χ4n) is 6.89. The topological polar surface area (TPSA) is 52.6 Å². The molecule has 254 valence electrons. The maximum Gasteiger partial charge on any atom is 0.305 e. The van der Waals surface area contributed by atoms with Crippen molar-refractivity contribution < 1.29 is 19.1 Å². The van der Waals surface area contributed by atoms with Crippen molar-refractivity contribution in [1.82, 2.24) is 0 Å². The number of ether oxygens (including phenoxy) is 2. The molecule has 0 spiro atoms. The Morgan fingerprint density at radius 3 is 1.86 bits per heavy atom. The third-order valence-electron chi connectivity index (χ3n) is 9.29. The second-order valence-corrected chi connectivity index (χ2v) is 14.0. The third kappa shape index (κ3) is 9.26. The molecule has 5 aromatic carbocycles. The summed E-state index contributed by atoms with van der Waals surface area (Å²) < 4.78 is 9.84. The first-order valence-corrected chi connectivity index (χ1v) is 17.6. The van der Waals surface area contributed by atoms with E-state index in [2.05, 4.69) is 125 Å². The van der Waals surface area contributed by atoms with Crippen molar-refractivity contribution in [2.45, 2.75) is 72.6 Å². The minimum atomic E-state index is -0.184. The lowest BCUT2D eigenvalue weighted by molar-refractivity contribution is -0.141. The number of carbonyl (C=O) groups excluding carboxylic acids is 2. The molecule has 0 heterocycles. The van der Waals surface area contributed by atoms with E-state index in [9.17, 15) is 9.59 Å². The first kappa shape index (κ1) is 35.6. The lowest BCUT2D eigenvalue weighted by atomic mass is 9.86. The largest absolute Gasteiger partial charge is 0.469 e. The predicted octanol–water partition coefficient (Wildman–Crippen LogP) is 10.4. The summed E-state index contributed by atoms with van der Waals surface area (Å²) in [6.07, 6.45) is 4.78. The van der Waals surface area contributed by atoms with Crippen molar-refractivity contribution in [3.63, 3.8) is 0 Å². The van der Waals surface area contributed by atoms with Gasteiger partial charge in [0.2, 0.25) is 0 Å². The zero-order valence-electron chi connectivity index (χ0n) is 30.0. The molecule has 0 aliphatic carbocycles. The van der Waals surface area contributed by atoms with Crippen LogP contribution in [0.4, 0.5) is 0 Å². The summed E-state index contributed by atoms with van der Waals surface area (Å²) in [7, 11) is 2.90. The van der Waals surface area contributed by atoms with Crippen LogP contribution < -0.4 is 0 Å². The molecule has 4 heteroatoms. The van der Waals surface area contributed by atoms with E-state index in [1.54, 1.807) is 0 Å². The first-order chi connectivity index (χ1) is 23.6. The van der Waals surface area contributed by atoms with Crippen molar-refractivity contribution in [3.8, 4) is 22.3 Å². The number of aryl methyl sites for hydroxylation is 2. The fraction of sp³-hybridized carbons (Fsp3) is 0.333. The molecule has 0 unspecified atom stereocenters. The van der Waals surface area contributed by atoms with E-state index in [1.807, 2.05) is 0 Å². The van der Waals surface area contributed by atoms with Gasteiger partial charge in [0, 0.05) is 12.8 Å². The van der Waals surface area contributed by atoms with Crippen molar-refractivity contribution in [2.24, 2.45) is 11.8 Å². The second-order valence-electron chi connectivity index (χ2n) is 14.0. The normalized spacial score (nSPS) is 11.3. The van der Waals surface area contributed by atoms with Crippen LogP contribution in [0, 0.1) is 11.8 Å². The molecule has 0 N–H and O–H groups in total. The SMILES string of the molecule is COC(=O)CCc1ccc(-c2ccc(-c3ccc(CCC(=O)OC)c(CC(C)C)c3)c(Cc3cccc4ccccc34)c2)c(CC(C)C)c1. The van der Waals surface area contributed by atoms with E-state index < -0.39 is 0 Å². The summed E-state index contributed by atoms with van der Waals surface area (Å²) in [6, 6.07) is 35.6. The van der Waals surface area contributed by atoms with Crippen molar-refractivity contribution >= 4 is 22.7 Å². The number of benzene rings is 5. The zero-order valence-corrected chi connectivity index (χ0v) is 30.0. The monoisotopic (exact) mass is 654 g/mol.